The number of nitrogens with zero attached hydrogens (tertiary/aromatic N) is 5. The maximum atomic E-state index is 12.9. The van der Waals surface area contributed by atoms with Crippen molar-refractivity contribution >= 4 is 5.91 Å². The maximum Gasteiger partial charge on any atom is 0.271 e. The molecule has 4 rings (SSSR count). The van der Waals surface area contributed by atoms with Crippen LogP contribution in [0.1, 0.15) is 29.4 Å². The SMILES string of the molecule is COc1cc(-c2cc(C(=O)N3CCC(n4ccnn4)CC3)[nH]n2)cc(OC)c1OC. The number of H-pyrrole nitrogens is 1. The smallest absolute Gasteiger partial charge is 0.271 e. The number of piperidine rings is 1. The van der Waals surface area contributed by atoms with Crippen molar-refractivity contribution in [2.45, 2.75) is 18.9 Å². The van der Waals surface area contributed by atoms with Gasteiger partial charge in [0, 0.05) is 24.8 Å². The molecule has 0 saturated carbocycles. The van der Waals surface area contributed by atoms with Gasteiger partial charge >= 0.3 is 0 Å². The first-order valence-corrected chi connectivity index (χ1v) is 9.65. The Morgan fingerprint density at radius 2 is 1.77 bits per heavy atom. The van der Waals surface area contributed by atoms with Crippen LogP contribution >= 0.6 is 0 Å². The Morgan fingerprint density at radius 3 is 2.33 bits per heavy atom. The number of hydrogen-bond acceptors (Lipinski definition) is 7. The number of nitrogens with one attached hydrogen (secondary N) is 1. The standard InChI is InChI=1S/C20H24N6O4/c1-28-17-10-13(11-18(29-2)19(17)30-3)15-12-16(23-22-15)20(27)25-7-4-14(5-8-25)26-9-6-21-24-26/h6,9-12,14H,4-5,7-8H2,1-3H3,(H,22,23). The Bertz CT molecular complexity index is 983. The first-order valence-electron chi connectivity index (χ1n) is 9.65. The van der Waals surface area contributed by atoms with E-state index in [2.05, 4.69) is 20.5 Å². The molecule has 1 aliphatic rings. The minimum atomic E-state index is -0.0711. The molecule has 3 heterocycles. The molecule has 0 bridgehead atoms. The van der Waals surface area contributed by atoms with Crippen LogP contribution in [0.5, 0.6) is 17.2 Å². The molecule has 10 heteroatoms. The van der Waals surface area contributed by atoms with Crippen molar-refractivity contribution in [1.29, 1.82) is 0 Å². The van der Waals surface area contributed by atoms with Crippen molar-refractivity contribution in [2.75, 3.05) is 34.4 Å². The monoisotopic (exact) mass is 412 g/mol. The Labute approximate surface area is 173 Å². The summed E-state index contributed by atoms with van der Waals surface area (Å²) in [6.45, 7) is 1.31. The van der Waals surface area contributed by atoms with Crippen molar-refractivity contribution < 1.29 is 19.0 Å². The molecule has 1 amide bonds. The summed E-state index contributed by atoms with van der Waals surface area (Å²) in [6, 6.07) is 5.62. The summed E-state index contributed by atoms with van der Waals surface area (Å²) in [7, 11) is 4.67. The highest BCUT2D eigenvalue weighted by molar-refractivity contribution is 5.93. The number of carbonyl (C=O) groups excluding carboxylic acids is 1. The van der Waals surface area contributed by atoms with Crippen molar-refractivity contribution in [2.24, 2.45) is 0 Å². The first-order chi connectivity index (χ1) is 14.6. The third-order valence-electron chi connectivity index (χ3n) is 5.34. The number of benzene rings is 1. The number of aromatic amines is 1. The lowest BCUT2D eigenvalue weighted by molar-refractivity contribution is 0.0683. The van der Waals surface area contributed by atoms with Crippen LogP contribution in [-0.2, 0) is 0 Å². The molecule has 1 saturated heterocycles. The van der Waals surface area contributed by atoms with Gasteiger partial charge in [-0.25, -0.2) is 4.68 Å². The van der Waals surface area contributed by atoms with Crippen LogP contribution in [0.15, 0.2) is 30.6 Å². The summed E-state index contributed by atoms with van der Waals surface area (Å²) in [6.07, 6.45) is 5.21. The average Bonchev–Trinajstić information content (AvgIpc) is 3.50. The third kappa shape index (κ3) is 3.68. The molecular weight excluding hydrogens is 388 g/mol. The molecule has 2 aromatic heterocycles. The van der Waals surface area contributed by atoms with E-state index in [-0.39, 0.29) is 11.9 Å². The van der Waals surface area contributed by atoms with E-state index in [1.165, 1.54) is 0 Å². The van der Waals surface area contributed by atoms with Gasteiger partial charge in [0.2, 0.25) is 5.75 Å². The Kier molecular flexibility index (Phi) is 5.55. The van der Waals surface area contributed by atoms with Gasteiger partial charge in [0.05, 0.1) is 39.3 Å². The van der Waals surface area contributed by atoms with Crippen LogP contribution in [0.3, 0.4) is 0 Å². The van der Waals surface area contributed by atoms with E-state index in [9.17, 15) is 4.79 Å². The second-order valence-electron chi connectivity index (χ2n) is 6.99. The fraction of sp³-hybridized carbons (Fsp3) is 0.400. The van der Waals surface area contributed by atoms with Gasteiger partial charge in [0.15, 0.2) is 11.5 Å². The predicted molar refractivity (Wildman–Crippen MR) is 108 cm³/mol. The lowest BCUT2D eigenvalue weighted by atomic mass is 10.0. The fourth-order valence-corrected chi connectivity index (χ4v) is 3.72. The summed E-state index contributed by atoms with van der Waals surface area (Å²) in [4.78, 5) is 14.8. The zero-order valence-electron chi connectivity index (χ0n) is 17.2. The van der Waals surface area contributed by atoms with E-state index in [1.54, 1.807) is 45.7 Å². The van der Waals surface area contributed by atoms with Crippen LogP contribution in [-0.4, -0.2) is 70.4 Å². The van der Waals surface area contributed by atoms with Crippen LogP contribution < -0.4 is 14.2 Å². The molecule has 0 radical (unpaired) electrons. The second-order valence-corrected chi connectivity index (χ2v) is 6.99. The van der Waals surface area contributed by atoms with Crippen molar-refractivity contribution in [3.05, 3.63) is 36.3 Å². The van der Waals surface area contributed by atoms with E-state index in [4.69, 9.17) is 14.2 Å². The number of methoxy groups -OCH3 is 3. The van der Waals surface area contributed by atoms with Gasteiger partial charge < -0.3 is 19.1 Å². The topological polar surface area (TPSA) is 107 Å². The number of rotatable bonds is 6. The Balaban J connectivity index is 1.50. The van der Waals surface area contributed by atoms with Gasteiger partial charge in [-0.05, 0) is 31.0 Å². The number of carbonyl (C=O) groups is 1. The van der Waals surface area contributed by atoms with Gasteiger partial charge in [-0.1, -0.05) is 5.21 Å². The second kappa shape index (κ2) is 8.44. The predicted octanol–water partition coefficient (Wildman–Crippen LogP) is 2.17. The number of hydrogen-bond donors (Lipinski definition) is 1. The third-order valence-corrected chi connectivity index (χ3v) is 5.34. The molecule has 0 spiro atoms. The van der Waals surface area contributed by atoms with E-state index in [0.29, 0.717) is 41.7 Å². The number of ether oxygens (including phenoxy) is 3. The lowest BCUT2D eigenvalue weighted by Gasteiger charge is -2.31. The largest absolute Gasteiger partial charge is 0.493 e. The fourth-order valence-electron chi connectivity index (χ4n) is 3.72. The molecule has 1 fully saturated rings. The lowest BCUT2D eigenvalue weighted by Crippen LogP contribution is -2.39. The molecule has 10 nitrogen and oxygen atoms in total. The van der Waals surface area contributed by atoms with E-state index in [0.717, 1.165) is 18.4 Å². The average molecular weight is 412 g/mol. The number of likely N-dealkylation sites (tertiary alicyclic amines) is 1. The van der Waals surface area contributed by atoms with Gasteiger partial charge in [0.25, 0.3) is 5.91 Å². The number of amides is 1. The van der Waals surface area contributed by atoms with Gasteiger partial charge in [-0.3, -0.25) is 9.89 Å². The summed E-state index contributed by atoms with van der Waals surface area (Å²) in [5.74, 6) is 1.49. The molecule has 3 aromatic rings. The maximum absolute atomic E-state index is 12.9. The molecule has 30 heavy (non-hydrogen) atoms. The molecule has 1 aliphatic heterocycles. The summed E-state index contributed by atoms with van der Waals surface area (Å²) in [5, 5.41) is 15.1. The van der Waals surface area contributed by atoms with Crippen LogP contribution in [0.4, 0.5) is 0 Å². The summed E-state index contributed by atoms with van der Waals surface area (Å²) in [5.41, 5.74) is 1.82. The summed E-state index contributed by atoms with van der Waals surface area (Å²) < 4.78 is 18.0. The highest BCUT2D eigenvalue weighted by Gasteiger charge is 2.26. The number of aromatic nitrogens is 5. The van der Waals surface area contributed by atoms with Crippen LogP contribution in [0, 0.1) is 0 Å². The molecule has 1 N–H and O–H groups in total. The van der Waals surface area contributed by atoms with E-state index in [1.807, 2.05) is 15.8 Å². The molecule has 158 valence electrons. The van der Waals surface area contributed by atoms with Gasteiger partial charge in [-0.15, -0.1) is 5.10 Å². The van der Waals surface area contributed by atoms with Crippen LogP contribution in [0.25, 0.3) is 11.3 Å². The minimum Gasteiger partial charge on any atom is -0.493 e. The zero-order valence-corrected chi connectivity index (χ0v) is 17.2. The normalized spacial score (nSPS) is 14.6. The molecule has 0 aliphatic carbocycles. The molecule has 0 atom stereocenters. The quantitative estimate of drug-likeness (QED) is 0.661. The van der Waals surface area contributed by atoms with Crippen molar-refractivity contribution in [3.63, 3.8) is 0 Å². The van der Waals surface area contributed by atoms with E-state index < -0.39 is 0 Å². The van der Waals surface area contributed by atoms with Crippen molar-refractivity contribution in [3.8, 4) is 28.5 Å². The van der Waals surface area contributed by atoms with E-state index >= 15 is 0 Å². The molecule has 1 aromatic carbocycles. The Morgan fingerprint density at radius 1 is 1.07 bits per heavy atom. The van der Waals surface area contributed by atoms with Gasteiger partial charge in [0.1, 0.15) is 5.69 Å². The highest BCUT2D eigenvalue weighted by Crippen LogP contribution is 2.40. The zero-order chi connectivity index (χ0) is 21.1. The minimum absolute atomic E-state index is 0.0711. The Hall–Kier alpha value is -3.56. The first kappa shape index (κ1) is 19.7. The summed E-state index contributed by atoms with van der Waals surface area (Å²) >= 11 is 0. The van der Waals surface area contributed by atoms with Gasteiger partial charge in [-0.2, -0.15) is 5.10 Å². The van der Waals surface area contributed by atoms with Crippen molar-refractivity contribution in [1.82, 2.24) is 30.1 Å². The molecule has 0 unspecified atom stereocenters. The van der Waals surface area contributed by atoms with Crippen LogP contribution in [0.2, 0.25) is 0 Å². The molecular formula is C20H24N6O4. The highest BCUT2D eigenvalue weighted by atomic mass is 16.5.